The van der Waals surface area contributed by atoms with Crippen LogP contribution in [0.1, 0.15) is 54.1 Å². The molecule has 0 aliphatic carbocycles. The number of unbranched alkanes of at least 4 members (excludes halogenated alkanes) is 1. The number of methoxy groups -OCH3 is 1. The number of sulfonamides is 1. The summed E-state index contributed by atoms with van der Waals surface area (Å²) in [5.74, 6) is -0.391. The highest BCUT2D eigenvalue weighted by atomic mass is 32.2. The van der Waals surface area contributed by atoms with Gasteiger partial charge in [-0.05, 0) is 49.6 Å². The molecule has 2 aromatic carbocycles. The van der Waals surface area contributed by atoms with Crippen LogP contribution in [0.3, 0.4) is 0 Å². The van der Waals surface area contributed by atoms with Gasteiger partial charge in [-0.15, -0.1) is 0 Å². The van der Waals surface area contributed by atoms with E-state index in [9.17, 15) is 13.2 Å². The van der Waals surface area contributed by atoms with Crippen molar-refractivity contribution < 1.29 is 17.9 Å². The Morgan fingerprint density at radius 1 is 1.13 bits per heavy atom. The summed E-state index contributed by atoms with van der Waals surface area (Å²) in [6, 6.07) is 14.2. The van der Waals surface area contributed by atoms with Crippen LogP contribution in [0, 0.1) is 6.92 Å². The van der Waals surface area contributed by atoms with Gasteiger partial charge in [-0.25, -0.2) is 13.2 Å². The summed E-state index contributed by atoms with van der Waals surface area (Å²) in [6.07, 6.45) is 3.42. The molecule has 160 valence electrons. The highest BCUT2D eigenvalue weighted by Crippen LogP contribution is 2.48. The van der Waals surface area contributed by atoms with Gasteiger partial charge in [-0.2, -0.15) is 0 Å². The van der Waals surface area contributed by atoms with Gasteiger partial charge in [0, 0.05) is 17.7 Å². The zero-order chi connectivity index (χ0) is 21.9. The van der Waals surface area contributed by atoms with Crippen LogP contribution in [0.2, 0.25) is 0 Å². The molecule has 0 amide bonds. The number of nitrogens with zero attached hydrogens (tertiary/aromatic N) is 1. The average molecular weight is 428 g/mol. The Bertz CT molecular complexity index is 1030. The highest BCUT2D eigenvalue weighted by Gasteiger charge is 2.46. The minimum Gasteiger partial charge on any atom is -0.465 e. The van der Waals surface area contributed by atoms with E-state index < -0.39 is 21.4 Å². The molecule has 0 radical (unpaired) electrons. The molecular weight excluding hydrogens is 398 g/mol. The predicted molar refractivity (Wildman–Crippen MR) is 118 cm³/mol. The fraction of sp³-hybridized carbons (Fsp3) is 0.375. The molecule has 6 heteroatoms. The Kier molecular flexibility index (Phi) is 6.36. The number of hydrogen-bond acceptors (Lipinski definition) is 4. The fourth-order valence-electron chi connectivity index (χ4n) is 4.16. The summed E-state index contributed by atoms with van der Waals surface area (Å²) in [4.78, 5) is 12.1. The molecular formula is C24H29NO4S. The first-order valence-electron chi connectivity index (χ1n) is 10.2. The lowest BCUT2D eigenvalue weighted by Crippen LogP contribution is -2.32. The monoisotopic (exact) mass is 427 g/mol. The van der Waals surface area contributed by atoms with Crippen LogP contribution in [-0.2, 0) is 20.2 Å². The standard InChI is InChI=1S/C24H29NO4S/c1-5-6-15-24(21-11-9-20(10-12-21)23(26)29-4)16-17-25(19(24)3)30(27,28)22-13-7-18(2)8-14-22/h7-14H,3,5-6,15-17H2,1-2,4H3/t24-/m0/s1. The largest absolute Gasteiger partial charge is 0.465 e. The first kappa shape index (κ1) is 22.1. The van der Waals surface area contributed by atoms with E-state index in [4.69, 9.17) is 4.74 Å². The zero-order valence-electron chi connectivity index (χ0n) is 17.8. The molecule has 5 nitrogen and oxygen atoms in total. The molecule has 1 heterocycles. The van der Waals surface area contributed by atoms with Crippen molar-refractivity contribution in [3.8, 4) is 0 Å². The van der Waals surface area contributed by atoms with Crippen LogP contribution in [0.4, 0.5) is 0 Å². The molecule has 1 saturated heterocycles. The molecule has 0 N–H and O–H groups in total. The van der Waals surface area contributed by atoms with Gasteiger partial charge in [0.1, 0.15) is 0 Å². The van der Waals surface area contributed by atoms with E-state index in [2.05, 4.69) is 13.5 Å². The maximum absolute atomic E-state index is 13.3. The molecule has 0 saturated carbocycles. The molecule has 0 bridgehead atoms. The average Bonchev–Trinajstić information content (AvgIpc) is 3.10. The first-order valence-corrected chi connectivity index (χ1v) is 11.7. The van der Waals surface area contributed by atoms with E-state index in [0.717, 1.165) is 30.4 Å². The summed E-state index contributed by atoms with van der Waals surface area (Å²) >= 11 is 0. The van der Waals surface area contributed by atoms with Crippen molar-refractivity contribution >= 4 is 16.0 Å². The van der Waals surface area contributed by atoms with Gasteiger partial charge in [-0.3, -0.25) is 4.31 Å². The minimum atomic E-state index is -3.67. The van der Waals surface area contributed by atoms with E-state index in [1.807, 2.05) is 31.2 Å². The normalized spacial score (nSPS) is 19.2. The van der Waals surface area contributed by atoms with Crippen molar-refractivity contribution in [2.75, 3.05) is 13.7 Å². The third kappa shape index (κ3) is 3.88. The van der Waals surface area contributed by atoms with Crippen molar-refractivity contribution in [3.63, 3.8) is 0 Å². The number of rotatable bonds is 7. The van der Waals surface area contributed by atoms with Crippen molar-refractivity contribution in [1.82, 2.24) is 4.31 Å². The van der Waals surface area contributed by atoms with Crippen LogP contribution >= 0.6 is 0 Å². The number of allylic oxidation sites excluding steroid dienone is 1. The van der Waals surface area contributed by atoms with Gasteiger partial charge in [0.2, 0.25) is 0 Å². The lowest BCUT2D eigenvalue weighted by molar-refractivity contribution is 0.0600. The van der Waals surface area contributed by atoms with Crippen LogP contribution in [0.25, 0.3) is 0 Å². The molecule has 0 spiro atoms. The molecule has 1 fully saturated rings. The molecule has 1 aliphatic rings. The molecule has 30 heavy (non-hydrogen) atoms. The topological polar surface area (TPSA) is 63.7 Å². The third-order valence-electron chi connectivity index (χ3n) is 6.02. The van der Waals surface area contributed by atoms with Gasteiger partial charge in [-0.1, -0.05) is 56.2 Å². The summed E-state index contributed by atoms with van der Waals surface area (Å²) in [5.41, 5.74) is 2.59. The van der Waals surface area contributed by atoms with Crippen molar-refractivity contribution in [2.45, 2.75) is 49.8 Å². The molecule has 0 aromatic heterocycles. The van der Waals surface area contributed by atoms with E-state index in [1.165, 1.54) is 11.4 Å². The second kappa shape index (κ2) is 8.64. The van der Waals surface area contributed by atoms with E-state index >= 15 is 0 Å². The highest BCUT2D eigenvalue weighted by molar-refractivity contribution is 7.89. The van der Waals surface area contributed by atoms with Crippen molar-refractivity contribution in [2.24, 2.45) is 0 Å². The van der Waals surface area contributed by atoms with Crippen LogP contribution in [0.15, 0.2) is 65.7 Å². The number of aryl methyl sites for hydroxylation is 1. The molecule has 1 aliphatic heterocycles. The number of benzene rings is 2. The molecule has 2 aromatic rings. The predicted octanol–water partition coefficient (Wildman–Crippen LogP) is 4.82. The number of carbonyl (C=O) groups is 1. The number of hydrogen-bond donors (Lipinski definition) is 0. The quantitative estimate of drug-likeness (QED) is 0.595. The molecule has 0 unspecified atom stereocenters. The summed E-state index contributed by atoms with van der Waals surface area (Å²) in [7, 11) is -2.32. The summed E-state index contributed by atoms with van der Waals surface area (Å²) < 4.78 is 32.9. The fourth-order valence-corrected chi connectivity index (χ4v) is 5.69. The Hall–Kier alpha value is -2.60. The smallest absolute Gasteiger partial charge is 0.337 e. The van der Waals surface area contributed by atoms with Crippen LogP contribution in [0.5, 0.6) is 0 Å². The second-order valence-electron chi connectivity index (χ2n) is 7.84. The Morgan fingerprint density at radius 3 is 2.33 bits per heavy atom. The van der Waals surface area contributed by atoms with Crippen LogP contribution in [-0.4, -0.2) is 32.3 Å². The maximum atomic E-state index is 13.3. The number of esters is 1. The minimum absolute atomic E-state index is 0.279. The van der Waals surface area contributed by atoms with E-state index in [-0.39, 0.29) is 4.90 Å². The van der Waals surface area contributed by atoms with Gasteiger partial charge in [0.05, 0.1) is 17.6 Å². The number of ether oxygens (including phenoxy) is 1. The van der Waals surface area contributed by atoms with E-state index in [0.29, 0.717) is 24.2 Å². The van der Waals surface area contributed by atoms with Crippen molar-refractivity contribution in [3.05, 3.63) is 77.5 Å². The van der Waals surface area contributed by atoms with Gasteiger partial charge < -0.3 is 4.74 Å². The second-order valence-corrected chi connectivity index (χ2v) is 9.70. The van der Waals surface area contributed by atoms with Crippen molar-refractivity contribution in [1.29, 1.82) is 0 Å². The van der Waals surface area contributed by atoms with E-state index in [1.54, 1.807) is 24.3 Å². The zero-order valence-corrected chi connectivity index (χ0v) is 18.7. The Morgan fingerprint density at radius 2 is 1.77 bits per heavy atom. The third-order valence-corrected chi connectivity index (χ3v) is 7.87. The lowest BCUT2D eigenvalue weighted by atomic mass is 9.73. The molecule has 3 rings (SSSR count). The van der Waals surface area contributed by atoms with Crippen LogP contribution < -0.4 is 0 Å². The number of carbonyl (C=O) groups excluding carboxylic acids is 1. The van der Waals surface area contributed by atoms with Gasteiger partial charge >= 0.3 is 5.97 Å². The SMILES string of the molecule is C=C1N(S(=O)(=O)c2ccc(C)cc2)CC[C@]1(CCCC)c1ccc(C(=O)OC)cc1. The summed E-state index contributed by atoms with van der Waals surface area (Å²) in [5, 5.41) is 0. The van der Waals surface area contributed by atoms with Gasteiger partial charge in [0.15, 0.2) is 0 Å². The maximum Gasteiger partial charge on any atom is 0.337 e. The van der Waals surface area contributed by atoms with Gasteiger partial charge in [0.25, 0.3) is 10.0 Å². The lowest BCUT2D eigenvalue weighted by Gasteiger charge is -2.33. The summed E-state index contributed by atoms with van der Waals surface area (Å²) in [6.45, 7) is 8.69. The Labute approximate surface area is 179 Å². The first-order chi connectivity index (χ1) is 14.3. The Balaban J connectivity index is 1.99. The molecule has 1 atom stereocenters.